The summed E-state index contributed by atoms with van der Waals surface area (Å²) in [5.74, 6) is 1.15. The highest BCUT2D eigenvalue weighted by atomic mass is 32.1. The summed E-state index contributed by atoms with van der Waals surface area (Å²) in [6.45, 7) is 9.51. The maximum Gasteiger partial charge on any atom is 0.265 e. The first-order valence-electron chi connectivity index (χ1n) is 7.21. The van der Waals surface area contributed by atoms with Gasteiger partial charge in [-0.3, -0.25) is 4.79 Å². The molecule has 0 radical (unpaired) electrons. The van der Waals surface area contributed by atoms with E-state index in [1.54, 1.807) is 0 Å². The van der Waals surface area contributed by atoms with Gasteiger partial charge in [0.1, 0.15) is 10.7 Å². The topological polar surface area (TPSA) is 51.0 Å². The number of hydrogen-bond donors (Lipinski definition) is 0. The first-order chi connectivity index (χ1) is 9.97. The lowest BCUT2D eigenvalue weighted by Crippen LogP contribution is -2.29. The first-order valence-corrected chi connectivity index (χ1v) is 8.02. The van der Waals surface area contributed by atoms with Gasteiger partial charge in [-0.15, -0.1) is 11.3 Å². The molecule has 0 spiro atoms. The van der Waals surface area contributed by atoms with E-state index in [0.29, 0.717) is 6.04 Å². The van der Waals surface area contributed by atoms with Gasteiger partial charge in [0, 0.05) is 25.0 Å². The Hall–Kier alpha value is -1.69. The van der Waals surface area contributed by atoms with Crippen LogP contribution in [0.1, 0.15) is 44.4 Å². The highest BCUT2D eigenvalue weighted by molar-refractivity contribution is 7.13. The molecule has 0 bridgehead atoms. The Morgan fingerprint density at radius 2 is 2.10 bits per heavy atom. The van der Waals surface area contributed by atoms with Crippen LogP contribution in [0.15, 0.2) is 6.20 Å². The number of rotatable bonds is 2. The van der Waals surface area contributed by atoms with Crippen LogP contribution < -0.4 is 0 Å². The average Bonchev–Trinajstić information content (AvgIpc) is 3.10. The second-order valence-electron chi connectivity index (χ2n) is 5.66. The normalized spacial score (nSPS) is 18.5. The molecule has 1 aliphatic heterocycles. The molecule has 0 aromatic carbocycles. The second kappa shape index (κ2) is 5.26. The Kier molecular flexibility index (Phi) is 3.57. The number of nitrogens with zero attached hydrogens (tertiary/aromatic N) is 4. The lowest BCUT2D eigenvalue weighted by molar-refractivity contribution is 0.0791. The zero-order valence-electron chi connectivity index (χ0n) is 12.9. The molecule has 3 rings (SSSR count). The van der Waals surface area contributed by atoms with Crippen molar-refractivity contribution >= 4 is 17.2 Å². The van der Waals surface area contributed by atoms with Crippen LogP contribution in [0.25, 0.3) is 0 Å². The Morgan fingerprint density at radius 1 is 1.33 bits per heavy atom. The maximum absolute atomic E-state index is 12.6. The minimum Gasteiger partial charge on any atom is -0.336 e. The summed E-state index contributed by atoms with van der Waals surface area (Å²) in [5.41, 5.74) is 2.01. The molecule has 1 fully saturated rings. The van der Waals surface area contributed by atoms with Crippen LogP contribution in [-0.2, 0) is 0 Å². The second-order valence-corrected chi connectivity index (χ2v) is 6.86. The van der Waals surface area contributed by atoms with Crippen molar-refractivity contribution in [1.29, 1.82) is 0 Å². The third-order valence-electron chi connectivity index (χ3n) is 4.08. The summed E-state index contributed by atoms with van der Waals surface area (Å²) in [7, 11) is 0. The average molecular weight is 304 g/mol. The van der Waals surface area contributed by atoms with Crippen LogP contribution in [0.4, 0.5) is 0 Å². The van der Waals surface area contributed by atoms with Crippen molar-refractivity contribution in [3.63, 3.8) is 0 Å². The van der Waals surface area contributed by atoms with E-state index in [1.165, 1.54) is 11.3 Å². The predicted octanol–water partition coefficient (Wildman–Crippen LogP) is 2.66. The van der Waals surface area contributed by atoms with E-state index in [1.807, 2.05) is 31.9 Å². The highest BCUT2D eigenvalue weighted by Gasteiger charge is 2.30. The predicted molar refractivity (Wildman–Crippen MR) is 82.8 cm³/mol. The van der Waals surface area contributed by atoms with Crippen molar-refractivity contribution in [3.05, 3.63) is 33.3 Å². The van der Waals surface area contributed by atoms with Gasteiger partial charge in [0.25, 0.3) is 5.91 Å². The van der Waals surface area contributed by atoms with E-state index < -0.39 is 0 Å². The fourth-order valence-electron chi connectivity index (χ4n) is 3.13. The molecule has 3 heterocycles. The fraction of sp³-hybridized carbons (Fsp3) is 0.533. The number of carbonyl (C=O) groups excluding carboxylic acids is 1. The van der Waals surface area contributed by atoms with Gasteiger partial charge in [0.15, 0.2) is 0 Å². The van der Waals surface area contributed by atoms with E-state index in [-0.39, 0.29) is 5.91 Å². The van der Waals surface area contributed by atoms with Crippen molar-refractivity contribution < 1.29 is 4.79 Å². The lowest BCUT2D eigenvalue weighted by Gasteiger charge is -2.18. The number of imidazole rings is 1. The van der Waals surface area contributed by atoms with Gasteiger partial charge in [-0.25, -0.2) is 9.97 Å². The summed E-state index contributed by atoms with van der Waals surface area (Å²) < 4.78 is 2.25. The number of aryl methyl sites for hydroxylation is 4. The number of hydrogen-bond acceptors (Lipinski definition) is 4. The number of aromatic nitrogens is 3. The molecular formula is C15H20N4OS. The summed E-state index contributed by atoms with van der Waals surface area (Å²) in [5, 5.41) is 0.952. The molecule has 1 saturated heterocycles. The van der Waals surface area contributed by atoms with Crippen molar-refractivity contribution in [2.45, 2.75) is 40.2 Å². The van der Waals surface area contributed by atoms with Gasteiger partial charge in [-0.1, -0.05) is 0 Å². The fourth-order valence-corrected chi connectivity index (χ4v) is 4.02. The van der Waals surface area contributed by atoms with Crippen molar-refractivity contribution in [3.8, 4) is 0 Å². The molecule has 112 valence electrons. The van der Waals surface area contributed by atoms with Crippen LogP contribution in [0.5, 0.6) is 0 Å². The zero-order chi connectivity index (χ0) is 15.1. The van der Waals surface area contributed by atoms with Crippen molar-refractivity contribution in [2.24, 2.45) is 0 Å². The molecule has 0 saturated carbocycles. The molecule has 0 aliphatic carbocycles. The minimum absolute atomic E-state index is 0.121. The van der Waals surface area contributed by atoms with Gasteiger partial charge in [-0.2, -0.15) is 0 Å². The molecule has 1 unspecified atom stereocenters. The van der Waals surface area contributed by atoms with Gasteiger partial charge in [0.05, 0.1) is 16.7 Å². The largest absolute Gasteiger partial charge is 0.336 e. The molecule has 0 N–H and O–H groups in total. The van der Waals surface area contributed by atoms with Crippen LogP contribution in [0, 0.1) is 27.7 Å². The molecule has 6 heteroatoms. The summed E-state index contributed by atoms with van der Waals surface area (Å²) in [6, 6.07) is 0.339. The maximum atomic E-state index is 12.6. The van der Waals surface area contributed by atoms with Crippen LogP contribution in [0.2, 0.25) is 0 Å². The van der Waals surface area contributed by atoms with Crippen LogP contribution in [-0.4, -0.2) is 38.4 Å². The Balaban J connectivity index is 1.78. The standard InChI is InChI=1S/C15H20N4OS/c1-9-7-16-11(3)19(9)13-5-6-18(8-13)15(20)14-10(2)17-12(4)21-14/h7,13H,5-6,8H2,1-4H3. The summed E-state index contributed by atoms with van der Waals surface area (Å²) >= 11 is 1.49. The van der Waals surface area contributed by atoms with E-state index in [0.717, 1.165) is 46.6 Å². The zero-order valence-corrected chi connectivity index (χ0v) is 13.7. The molecule has 2 aromatic heterocycles. The van der Waals surface area contributed by atoms with Gasteiger partial charge in [-0.05, 0) is 34.1 Å². The summed E-state index contributed by atoms with van der Waals surface area (Å²) in [6.07, 6.45) is 2.89. The monoisotopic (exact) mass is 304 g/mol. The van der Waals surface area contributed by atoms with E-state index in [9.17, 15) is 4.79 Å². The molecule has 1 aliphatic rings. The van der Waals surface area contributed by atoms with Crippen molar-refractivity contribution in [2.75, 3.05) is 13.1 Å². The molecule has 5 nitrogen and oxygen atoms in total. The molecule has 21 heavy (non-hydrogen) atoms. The number of thiazole rings is 1. The van der Waals surface area contributed by atoms with Crippen molar-refractivity contribution in [1.82, 2.24) is 19.4 Å². The third-order valence-corrected chi connectivity index (χ3v) is 5.14. The number of carbonyl (C=O) groups is 1. The van der Waals surface area contributed by atoms with Gasteiger partial charge >= 0.3 is 0 Å². The first kappa shape index (κ1) is 14.3. The number of likely N-dealkylation sites (tertiary alicyclic amines) is 1. The Morgan fingerprint density at radius 3 is 2.67 bits per heavy atom. The molecule has 1 amide bonds. The quantitative estimate of drug-likeness (QED) is 0.857. The molecule has 1 atom stereocenters. The minimum atomic E-state index is 0.121. The Bertz CT molecular complexity index is 668. The lowest BCUT2D eigenvalue weighted by atomic mass is 10.2. The molecular weight excluding hydrogens is 284 g/mol. The van der Waals surface area contributed by atoms with E-state index in [4.69, 9.17) is 0 Å². The van der Waals surface area contributed by atoms with E-state index >= 15 is 0 Å². The van der Waals surface area contributed by atoms with Crippen LogP contribution >= 0.6 is 11.3 Å². The third kappa shape index (κ3) is 2.48. The van der Waals surface area contributed by atoms with E-state index in [2.05, 4.69) is 21.5 Å². The van der Waals surface area contributed by atoms with Gasteiger partial charge in [0.2, 0.25) is 0 Å². The highest BCUT2D eigenvalue weighted by Crippen LogP contribution is 2.28. The SMILES string of the molecule is Cc1nc(C)c(C(=O)N2CCC(n3c(C)cnc3C)C2)s1. The summed E-state index contributed by atoms with van der Waals surface area (Å²) in [4.78, 5) is 24.1. The number of amides is 1. The molecule has 2 aromatic rings. The van der Waals surface area contributed by atoms with Gasteiger partial charge < -0.3 is 9.47 Å². The Labute approximate surface area is 128 Å². The van der Waals surface area contributed by atoms with Crippen LogP contribution in [0.3, 0.4) is 0 Å². The smallest absolute Gasteiger partial charge is 0.265 e.